The van der Waals surface area contributed by atoms with E-state index < -0.39 is 12.1 Å². The Bertz CT molecular complexity index is 454. The Balaban J connectivity index is 4.85. The van der Waals surface area contributed by atoms with Crippen molar-refractivity contribution in [2.75, 3.05) is 13.1 Å². The maximum absolute atomic E-state index is 12.9. The highest BCUT2D eigenvalue weighted by molar-refractivity contribution is 5.91. The lowest BCUT2D eigenvalue weighted by atomic mass is 10.0. The minimum atomic E-state index is -0.629. The van der Waals surface area contributed by atoms with E-state index in [1.165, 1.54) is 19.8 Å². The molecular formula is C22H43N3O3. The van der Waals surface area contributed by atoms with Crippen LogP contribution in [0.5, 0.6) is 0 Å². The highest BCUT2D eigenvalue weighted by atomic mass is 16.2. The van der Waals surface area contributed by atoms with Crippen LogP contribution in [0.1, 0.15) is 92.9 Å². The molecular weight excluding hydrogens is 354 g/mol. The second-order valence-corrected chi connectivity index (χ2v) is 8.10. The Kier molecular flexibility index (Phi) is 14.5. The van der Waals surface area contributed by atoms with Gasteiger partial charge in [-0.05, 0) is 25.7 Å². The second kappa shape index (κ2) is 15.3. The SMILES string of the molecule is CCCCCCN(CCCCCC)C(=O)[C@@H](C)NC(=O)[C@@H](NC(C)=O)C(C)C. The molecule has 164 valence electrons. The Morgan fingerprint density at radius 2 is 1.29 bits per heavy atom. The molecule has 28 heavy (non-hydrogen) atoms. The van der Waals surface area contributed by atoms with Gasteiger partial charge in [-0.3, -0.25) is 14.4 Å². The molecule has 0 radical (unpaired) electrons. The first kappa shape index (κ1) is 26.4. The highest BCUT2D eigenvalue weighted by Crippen LogP contribution is 2.08. The fraction of sp³-hybridized carbons (Fsp3) is 0.864. The van der Waals surface area contributed by atoms with Crippen molar-refractivity contribution in [3.05, 3.63) is 0 Å². The third-order valence-electron chi connectivity index (χ3n) is 4.91. The first-order valence-corrected chi connectivity index (χ1v) is 11.1. The number of rotatable bonds is 15. The van der Waals surface area contributed by atoms with Gasteiger partial charge in [0.2, 0.25) is 17.7 Å². The van der Waals surface area contributed by atoms with Crippen molar-refractivity contribution in [3.8, 4) is 0 Å². The minimum Gasteiger partial charge on any atom is -0.344 e. The summed E-state index contributed by atoms with van der Waals surface area (Å²) in [5.74, 6) is -0.638. The van der Waals surface area contributed by atoms with E-state index in [4.69, 9.17) is 0 Å². The Hall–Kier alpha value is -1.59. The predicted molar refractivity (Wildman–Crippen MR) is 115 cm³/mol. The summed E-state index contributed by atoms with van der Waals surface area (Å²) in [6.45, 7) is 12.7. The van der Waals surface area contributed by atoms with Gasteiger partial charge in [0.15, 0.2) is 0 Å². The molecule has 0 aromatic carbocycles. The number of carbonyl (C=O) groups excluding carboxylic acids is 3. The molecule has 0 heterocycles. The van der Waals surface area contributed by atoms with Crippen molar-refractivity contribution in [1.29, 1.82) is 0 Å². The molecule has 0 aromatic rings. The van der Waals surface area contributed by atoms with E-state index in [1.54, 1.807) is 6.92 Å². The van der Waals surface area contributed by atoms with Gasteiger partial charge in [0.05, 0.1) is 0 Å². The average Bonchev–Trinajstić information content (AvgIpc) is 2.63. The molecule has 0 aliphatic rings. The maximum atomic E-state index is 12.9. The molecule has 0 fully saturated rings. The first-order chi connectivity index (χ1) is 13.2. The fourth-order valence-corrected chi connectivity index (χ4v) is 3.18. The van der Waals surface area contributed by atoms with Gasteiger partial charge in [0.1, 0.15) is 12.1 Å². The molecule has 0 saturated heterocycles. The van der Waals surface area contributed by atoms with Crippen molar-refractivity contribution >= 4 is 17.7 Å². The Morgan fingerprint density at radius 3 is 1.68 bits per heavy atom. The average molecular weight is 398 g/mol. The molecule has 0 rings (SSSR count). The summed E-state index contributed by atoms with van der Waals surface area (Å²) in [5.41, 5.74) is 0. The quantitative estimate of drug-likeness (QED) is 0.414. The molecule has 2 N–H and O–H groups in total. The summed E-state index contributed by atoms with van der Waals surface area (Å²) in [6.07, 6.45) is 8.91. The summed E-state index contributed by atoms with van der Waals surface area (Å²) in [6, 6.07) is -1.23. The van der Waals surface area contributed by atoms with Crippen LogP contribution in [0.15, 0.2) is 0 Å². The molecule has 2 atom stereocenters. The molecule has 0 bridgehead atoms. The van der Waals surface area contributed by atoms with Gasteiger partial charge in [-0.1, -0.05) is 66.2 Å². The smallest absolute Gasteiger partial charge is 0.244 e. The van der Waals surface area contributed by atoms with E-state index in [9.17, 15) is 14.4 Å². The molecule has 0 aromatic heterocycles. The van der Waals surface area contributed by atoms with E-state index in [0.29, 0.717) is 0 Å². The topological polar surface area (TPSA) is 78.5 Å². The zero-order valence-electron chi connectivity index (χ0n) is 19.0. The Morgan fingerprint density at radius 1 is 0.786 bits per heavy atom. The van der Waals surface area contributed by atoms with Gasteiger partial charge in [-0.2, -0.15) is 0 Å². The van der Waals surface area contributed by atoms with Gasteiger partial charge < -0.3 is 15.5 Å². The molecule has 6 nitrogen and oxygen atoms in total. The zero-order chi connectivity index (χ0) is 21.5. The highest BCUT2D eigenvalue weighted by Gasteiger charge is 2.27. The van der Waals surface area contributed by atoms with Crippen LogP contribution in [-0.4, -0.2) is 47.8 Å². The van der Waals surface area contributed by atoms with E-state index in [0.717, 1.165) is 51.6 Å². The van der Waals surface area contributed by atoms with Crippen LogP contribution in [0.2, 0.25) is 0 Å². The molecule has 0 spiro atoms. The van der Waals surface area contributed by atoms with Crippen molar-refractivity contribution in [2.24, 2.45) is 5.92 Å². The standard InChI is InChI=1S/C22H43N3O3/c1-7-9-11-13-15-25(16-14-12-10-8-2)22(28)18(5)23-21(27)20(17(3)4)24-19(6)26/h17-18,20H,7-16H2,1-6H3,(H,23,27)(H,24,26)/t18-,20+/m1/s1. The second-order valence-electron chi connectivity index (χ2n) is 8.10. The van der Waals surface area contributed by atoms with Gasteiger partial charge in [-0.15, -0.1) is 0 Å². The van der Waals surface area contributed by atoms with E-state index >= 15 is 0 Å². The number of unbranched alkanes of at least 4 members (excludes halogenated alkanes) is 6. The van der Waals surface area contributed by atoms with E-state index in [2.05, 4.69) is 24.5 Å². The van der Waals surface area contributed by atoms with Crippen LogP contribution in [0.3, 0.4) is 0 Å². The van der Waals surface area contributed by atoms with Crippen LogP contribution >= 0.6 is 0 Å². The summed E-state index contributed by atoms with van der Waals surface area (Å²) >= 11 is 0. The number of nitrogens with one attached hydrogen (secondary N) is 2. The van der Waals surface area contributed by atoms with Crippen LogP contribution < -0.4 is 10.6 Å². The van der Waals surface area contributed by atoms with Gasteiger partial charge in [0.25, 0.3) is 0 Å². The van der Waals surface area contributed by atoms with Crippen LogP contribution in [0.25, 0.3) is 0 Å². The van der Waals surface area contributed by atoms with Crippen molar-refractivity contribution in [3.63, 3.8) is 0 Å². The predicted octanol–water partition coefficient (Wildman–Crippen LogP) is 3.64. The van der Waals surface area contributed by atoms with E-state index in [-0.39, 0.29) is 23.6 Å². The molecule has 0 aliphatic carbocycles. The molecule has 3 amide bonds. The lowest BCUT2D eigenvalue weighted by Crippen LogP contribution is -2.54. The lowest BCUT2D eigenvalue weighted by Gasteiger charge is -2.28. The third-order valence-corrected chi connectivity index (χ3v) is 4.91. The van der Waals surface area contributed by atoms with Crippen LogP contribution in [-0.2, 0) is 14.4 Å². The van der Waals surface area contributed by atoms with Crippen LogP contribution in [0.4, 0.5) is 0 Å². The summed E-state index contributed by atoms with van der Waals surface area (Å²) in [7, 11) is 0. The van der Waals surface area contributed by atoms with Gasteiger partial charge in [-0.25, -0.2) is 0 Å². The molecule has 0 unspecified atom stereocenters. The minimum absolute atomic E-state index is 0.0355. The third kappa shape index (κ3) is 11.3. The number of amides is 3. The van der Waals surface area contributed by atoms with E-state index in [1.807, 2.05) is 18.7 Å². The van der Waals surface area contributed by atoms with Crippen molar-refractivity contribution in [1.82, 2.24) is 15.5 Å². The Labute approximate surface area is 172 Å². The lowest BCUT2D eigenvalue weighted by molar-refractivity contribution is -0.137. The molecule has 0 aliphatic heterocycles. The van der Waals surface area contributed by atoms with Gasteiger partial charge >= 0.3 is 0 Å². The first-order valence-electron chi connectivity index (χ1n) is 11.1. The van der Waals surface area contributed by atoms with Crippen molar-refractivity contribution < 1.29 is 14.4 Å². The number of nitrogens with zero attached hydrogens (tertiary/aromatic N) is 1. The molecule has 0 saturated carbocycles. The number of hydrogen-bond acceptors (Lipinski definition) is 3. The summed E-state index contributed by atoms with van der Waals surface area (Å²) in [5, 5.41) is 5.48. The largest absolute Gasteiger partial charge is 0.344 e. The number of hydrogen-bond donors (Lipinski definition) is 2. The van der Waals surface area contributed by atoms with Gasteiger partial charge in [0, 0.05) is 20.0 Å². The normalized spacial score (nSPS) is 13.1. The fourth-order valence-electron chi connectivity index (χ4n) is 3.18. The van der Waals surface area contributed by atoms with Crippen LogP contribution in [0, 0.1) is 5.92 Å². The summed E-state index contributed by atoms with van der Waals surface area (Å²) in [4.78, 5) is 38.8. The molecule has 6 heteroatoms. The maximum Gasteiger partial charge on any atom is 0.244 e. The van der Waals surface area contributed by atoms with Crippen molar-refractivity contribution in [2.45, 2.75) is 105 Å². The zero-order valence-corrected chi connectivity index (χ0v) is 19.0. The monoisotopic (exact) mass is 397 g/mol. The number of carbonyl (C=O) groups is 3. The summed E-state index contributed by atoms with van der Waals surface area (Å²) < 4.78 is 0.